The second-order valence-corrected chi connectivity index (χ2v) is 6.75. The van der Waals surface area contributed by atoms with E-state index in [4.69, 9.17) is 4.52 Å². The quantitative estimate of drug-likeness (QED) is 0.661. The Kier molecular flexibility index (Phi) is 5.86. The van der Waals surface area contributed by atoms with Crippen molar-refractivity contribution in [3.05, 3.63) is 76.9 Å². The van der Waals surface area contributed by atoms with Crippen molar-refractivity contribution in [2.24, 2.45) is 0 Å². The second kappa shape index (κ2) is 8.49. The molecule has 0 unspecified atom stereocenters. The largest absolute Gasteiger partial charge is 0.381 e. The fourth-order valence-corrected chi connectivity index (χ4v) is 2.72. The van der Waals surface area contributed by atoms with Gasteiger partial charge >= 0.3 is 0 Å². The molecule has 0 spiro atoms. The number of hydrogen-bond donors (Lipinski definition) is 2. The molecule has 6 heteroatoms. The van der Waals surface area contributed by atoms with Gasteiger partial charge in [0.25, 0.3) is 5.91 Å². The number of nitrogens with one attached hydrogen (secondary N) is 2. The van der Waals surface area contributed by atoms with E-state index >= 15 is 0 Å². The van der Waals surface area contributed by atoms with E-state index in [1.54, 1.807) is 6.20 Å². The maximum Gasteiger partial charge on any atom is 0.252 e. The molecule has 140 valence electrons. The Bertz CT molecular complexity index is 904. The van der Waals surface area contributed by atoms with E-state index in [0.29, 0.717) is 30.3 Å². The summed E-state index contributed by atoms with van der Waals surface area (Å²) in [6, 6.07) is 11.5. The number of anilines is 1. The Morgan fingerprint density at radius 3 is 2.74 bits per heavy atom. The molecule has 2 heterocycles. The standard InChI is InChI=1S/C21H24N4O2/c1-14(2)20-10-17(27-25-20)13-24-21(26)18-7-4-8-19(15(18)3)23-12-16-6-5-9-22-11-16/h4-11,14,23H,12-13H2,1-3H3,(H,24,26). The van der Waals surface area contributed by atoms with Crippen LogP contribution < -0.4 is 10.6 Å². The number of carbonyl (C=O) groups is 1. The van der Waals surface area contributed by atoms with Gasteiger partial charge in [0.1, 0.15) is 0 Å². The number of aromatic nitrogens is 2. The maximum atomic E-state index is 12.6. The number of hydrogen-bond acceptors (Lipinski definition) is 5. The van der Waals surface area contributed by atoms with Crippen molar-refractivity contribution in [2.75, 3.05) is 5.32 Å². The number of rotatable bonds is 7. The molecule has 3 rings (SSSR count). The van der Waals surface area contributed by atoms with Crippen LogP contribution in [0.15, 0.2) is 53.3 Å². The van der Waals surface area contributed by atoms with Crippen LogP contribution in [0.3, 0.4) is 0 Å². The summed E-state index contributed by atoms with van der Waals surface area (Å²) in [5.41, 5.74) is 4.43. The van der Waals surface area contributed by atoms with Gasteiger partial charge in [-0.3, -0.25) is 9.78 Å². The minimum Gasteiger partial charge on any atom is -0.381 e. The zero-order valence-electron chi connectivity index (χ0n) is 15.8. The van der Waals surface area contributed by atoms with E-state index in [2.05, 4.69) is 20.8 Å². The fraction of sp³-hybridized carbons (Fsp3) is 0.286. The first kappa shape index (κ1) is 18.6. The van der Waals surface area contributed by atoms with Crippen molar-refractivity contribution in [1.82, 2.24) is 15.5 Å². The average molecular weight is 364 g/mol. The van der Waals surface area contributed by atoms with Crippen molar-refractivity contribution in [3.63, 3.8) is 0 Å². The van der Waals surface area contributed by atoms with Crippen LogP contribution in [0.5, 0.6) is 0 Å². The number of carbonyl (C=O) groups excluding carboxylic acids is 1. The molecule has 3 aromatic rings. The summed E-state index contributed by atoms with van der Waals surface area (Å²) < 4.78 is 5.27. The van der Waals surface area contributed by atoms with Crippen LogP contribution in [0.25, 0.3) is 0 Å². The molecule has 0 aliphatic rings. The second-order valence-electron chi connectivity index (χ2n) is 6.75. The molecule has 1 amide bonds. The molecule has 1 aromatic carbocycles. The van der Waals surface area contributed by atoms with Gasteiger partial charge in [0.05, 0.1) is 12.2 Å². The Morgan fingerprint density at radius 2 is 2.04 bits per heavy atom. The van der Waals surface area contributed by atoms with Crippen molar-refractivity contribution in [3.8, 4) is 0 Å². The van der Waals surface area contributed by atoms with Gasteiger partial charge in [0.2, 0.25) is 0 Å². The molecule has 0 bridgehead atoms. The molecule has 0 saturated carbocycles. The molecule has 6 nitrogen and oxygen atoms in total. The van der Waals surface area contributed by atoms with Gasteiger partial charge in [-0.1, -0.05) is 31.1 Å². The SMILES string of the molecule is Cc1c(NCc2cccnc2)cccc1C(=O)NCc1cc(C(C)C)no1. The molecule has 27 heavy (non-hydrogen) atoms. The molecule has 2 aromatic heterocycles. The third-order valence-corrected chi connectivity index (χ3v) is 4.38. The Balaban J connectivity index is 1.64. The lowest BCUT2D eigenvalue weighted by atomic mass is 10.1. The van der Waals surface area contributed by atoms with E-state index in [0.717, 1.165) is 22.5 Å². The third-order valence-electron chi connectivity index (χ3n) is 4.38. The zero-order valence-corrected chi connectivity index (χ0v) is 15.8. The minimum absolute atomic E-state index is 0.139. The van der Waals surface area contributed by atoms with Gasteiger partial charge in [-0.2, -0.15) is 0 Å². The van der Waals surface area contributed by atoms with Crippen molar-refractivity contribution >= 4 is 11.6 Å². The highest BCUT2D eigenvalue weighted by Gasteiger charge is 2.13. The number of pyridine rings is 1. The fourth-order valence-electron chi connectivity index (χ4n) is 2.72. The maximum absolute atomic E-state index is 12.6. The lowest BCUT2D eigenvalue weighted by Gasteiger charge is -2.13. The van der Waals surface area contributed by atoms with E-state index in [9.17, 15) is 4.79 Å². The normalized spacial score (nSPS) is 10.8. The summed E-state index contributed by atoms with van der Waals surface area (Å²) in [5.74, 6) is 0.804. The van der Waals surface area contributed by atoms with Gasteiger partial charge in [0.15, 0.2) is 5.76 Å². The van der Waals surface area contributed by atoms with Gasteiger partial charge in [-0.15, -0.1) is 0 Å². The van der Waals surface area contributed by atoms with Gasteiger partial charge in [-0.25, -0.2) is 0 Å². The van der Waals surface area contributed by atoms with Crippen LogP contribution >= 0.6 is 0 Å². The summed E-state index contributed by atoms with van der Waals surface area (Å²) in [7, 11) is 0. The first-order valence-electron chi connectivity index (χ1n) is 9.00. The highest BCUT2D eigenvalue weighted by atomic mass is 16.5. The van der Waals surface area contributed by atoms with Crippen molar-refractivity contribution < 1.29 is 9.32 Å². The molecule has 0 fully saturated rings. The molecular formula is C21H24N4O2. The first-order valence-corrected chi connectivity index (χ1v) is 9.00. The van der Waals surface area contributed by atoms with Crippen LogP contribution in [0.4, 0.5) is 5.69 Å². The van der Waals surface area contributed by atoms with Crippen molar-refractivity contribution in [1.29, 1.82) is 0 Å². The Morgan fingerprint density at radius 1 is 1.19 bits per heavy atom. The van der Waals surface area contributed by atoms with Crippen molar-refractivity contribution in [2.45, 2.75) is 39.8 Å². The topological polar surface area (TPSA) is 80.0 Å². The summed E-state index contributed by atoms with van der Waals surface area (Å²) in [5, 5.41) is 10.3. The van der Waals surface area contributed by atoms with Gasteiger partial charge < -0.3 is 15.2 Å². The highest BCUT2D eigenvalue weighted by molar-refractivity contribution is 5.96. The molecular weight excluding hydrogens is 340 g/mol. The van der Waals surface area contributed by atoms with E-state index in [-0.39, 0.29) is 5.91 Å². The van der Waals surface area contributed by atoms with Crippen LogP contribution in [-0.4, -0.2) is 16.0 Å². The number of amides is 1. The molecule has 0 aliphatic heterocycles. The Labute approximate surface area is 159 Å². The first-order chi connectivity index (χ1) is 13.0. The minimum atomic E-state index is -0.139. The lowest BCUT2D eigenvalue weighted by molar-refractivity contribution is 0.0946. The molecule has 0 atom stereocenters. The molecule has 0 radical (unpaired) electrons. The summed E-state index contributed by atoms with van der Waals surface area (Å²) >= 11 is 0. The van der Waals surface area contributed by atoms with Crippen LogP contribution in [0.1, 0.15) is 52.7 Å². The zero-order chi connectivity index (χ0) is 19.2. The number of benzene rings is 1. The van der Waals surface area contributed by atoms with E-state index in [1.165, 1.54) is 0 Å². The van der Waals surface area contributed by atoms with Crippen LogP contribution in [-0.2, 0) is 13.1 Å². The predicted octanol–water partition coefficient (Wildman–Crippen LogP) is 4.04. The smallest absolute Gasteiger partial charge is 0.252 e. The van der Waals surface area contributed by atoms with Gasteiger partial charge in [-0.05, 0) is 42.2 Å². The lowest BCUT2D eigenvalue weighted by Crippen LogP contribution is -2.23. The third kappa shape index (κ3) is 4.73. The Hall–Kier alpha value is -3.15. The van der Waals surface area contributed by atoms with E-state index in [1.807, 2.05) is 63.4 Å². The average Bonchev–Trinajstić information content (AvgIpc) is 3.15. The molecule has 0 saturated heterocycles. The van der Waals surface area contributed by atoms with E-state index < -0.39 is 0 Å². The number of nitrogens with zero attached hydrogens (tertiary/aromatic N) is 2. The summed E-state index contributed by atoms with van der Waals surface area (Å²) in [6.45, 7) is 6.99. The highest BCUT2D eigenvalue weighted by Crippen LogP contribution is 2.20. The van der Waals surface area contributed by atoms with Crippen LogP contribution in [0.2, 0.25) is 0 Å². The van der Waals surface area contributed by atoms with Crippen LogP contribution in [0, 0.1) is 6.92 Å². The summed E-state index contributed by atoms with van der Waals surface area (Å²) in [6.07, 6.45) is 3.57. The predicted molar refractivity (Wildman–Crippen MR) is 105 cm³/mol. The van der Waals surface area contributed by atoms with Gasteiger partial charge in [0, 0.05) is 36.3 Å². The summed E-state index contributed by atoms with van der Waals surface area (Å²) in [4.78, 5) is 16.7. The molecule has 2 N–H and O–H groups in total. The molecule has 0 aliphatic carbocycles. The monoisotopic (exact) mass is 364 g/mol.